The van der Waals surface area contributed by atoms with E-state index in [-0.39, 0.29) is 6.42 Å². The Labute approximate surface area is 111 Å². The van der Waals surface area contributed by atoms with Crippen molar-refractivity contribution in [1.29, 1.82) is 0 Å². The minimum atomic E-state index is -0.652. The van der Waals surface area contributed by atoms with Gasteiger partial charge < -0.3 is 14.2 Å². The quantitative estimate of drug-likeness (QED) is 0.463. The molecule has 2 rings (SSSR count). The number of carbonyl (C=O) groups is 2. The topological polar surface area (TPSA) is 61.8 Å². The predicted molar refractivity (Wildman–Crippen MR) is 67.5 cm³/mol. The van der Waals surface area contributed by atoms with Crippen molar-refractivity contribution in [1.82, 2.24) is 0 Å². The zero-order chi connectivity index (χ0) is 13.8. The van der Waals surface area contributed by atoms with Gasteiger partial charge in [0, 0.05) is 6.07 Å². The maximum atomic E-state index is 11.8. The number of fused-ring (bicyclic) bond motifs is 1. The van der Waals surface area contributed by atoms with Crippen LogP contribution in [-0.2, 0) is 16.0 Å². The molecule has 1 heterocycles. The molecule has 0 amide bonds. The van der Waals surface area contributed by atoms with Crippen LogP contribution in [0.25, 0.3) is 0 Å². The first-order valence-electron chi connectivity index (χ1n) is 6.24. The molecule has 0 N–H and O–H groups in total. The van der Waals surface area contributed by atoms with Crippen molar-refractivity contribution in [3.8, 4) is 11.5 Å². The summed E-state index contributed by atoms with van der Waals surface area (Å²) in [5.74, 6) is -0.223. The van der Waals surface area contributed by atoms with Gasteiger partial charge >= 0.3 is 11.9 Å². The van der Waals surface area contributed by atoms with Gasteiger partial charge in [-0.1, -0.05) is 13.3 Å². The summed E-state index contributed by atoms with van der Waals surface area (Å²) in [6, 6.07) is 3.31. The molecule has 0 aliphatic carbocycles. The minimum Gasteiger partial charge on any atom is -0.497 e. The molecule has 1 aromatic rings. The van der Waals surface area contributed by atoms with Crippen LogP contribution in [0.5, 0.6) is 11.5 Å². The monoisotopic (exact) mass is 264 g/mol. The molecule has 19 heavy (non-hydrogen) atoms. The van der Waals surface area contributed by atoms with Crippen molar-refractivity contribution < 1.29 is 23.8 Å². The molecule has 0 unspecified atom stereocenters. The Bertz CT molecular complexity index is 507. The molecule has 0 bridgehead atoms. The number of carbonyl (C=O) groups excluding carboxylic acids is 2. The second kappa shape index (κ2) is 5.73. The lowest BCUT2D eigenvalue weighted by molar-refractivity contribution is -0.137. The van der Waals surface area contributed by atoms with Gasteiger partial charge in [-0.15, -0.1) is 0 Å². The van der Waals surface area contributed by atoms with E-state index in [1.807, 2.05) is 0 Å². The van der Waals surface area contributed by atoms with Crippen molar-refractivity contribution in [2.75, 3.05) is 13.7 Å². The first-order valence-corrected chi connectivity index (χ1v) is 6.24. The average Bonchev–Trinajstić information content (AvgIpc) is 2.37. The second-order valence-electron chi connectivity index (χ2n) is 4.30. The molecule has 0 saturated carbocycles. The van der Waals surface area contributed by atoms with E-state index in [2.05, 4.69) is 11.7 Å². The maximum absolute atomic E-state index is 11.8. The number of cyclic esters (lactones) is 2. The summed E-state index contributed by atoms with van der Waals surface area (Å²) in [5, 5.41) is 0. The van der Waals surface area contributed by atoms with Gasteiger partial charge in [-0.3, -0.25) is 4.79 Å². The predicted octanol–water partition coefficient (Wildman–Crippen LogP) is 2.11. The lowest BCUT2D eigenvalue weighted by atomic mass is 10.0. The number of methoxy groups -OCH3 is 1. The van der Waals surface area contributed by atoms with E-state index < -0.39 is 11.9 Å². The first-order chi connectivity index (χ1) is 9.15. The Morgan fingerprint density at radius 2 is 2.11 bits per heavy atom. The number of ether oxygens (including phenoxy) is 3. The Balaban J connectivity index is 2.37. The van der Waals surface area contributed by atoms with E-state index in [9.17, 15) is 9.59 Å². The molecule has 1 aliphatic heterocycles. The number of rotatable bonds is 5. The molecule has 0 aromatic heterocycles. The van der Waals surface area contributed by atoms with Gasteiger partial charge in [-0.2, -0.15) is 0 Å². The maximum Gasteiger partial charge on any atom is 0.349 e. The molecule has 0 saturated heterocycles. The molecule has 102 valence electrons. The molecular formula is C14H16O5. The van der Waals surface area contributed by atoms with Crippen LogP contribution in [0, 0.1) is 0 Å². The molecule has 5 nitrogen and oxygen atoms in total. The minimum absolute atomic E-state index is 0.0579. The molecule has 0 atom stereocenters. The Kier molecular flexibility index (Phi) is 4.04. The van der Waals surface area contributed by atoms with Gasteiger partial charge in [0.05, 0.1) is 20.1 Å². The fraction of sp³-hybridized carbons (Fsp3) is 0.429. The van der Waals surface area contributed by atoms with Crippen LogP contribution in [0.2, 0.25) is 0 Å². The third kappa shape index (κ3) is 2.86. The molecule has 1 aromatic carbocycles. The molecule has 0 fully saturated rings. The summed E-state index contributed by atoms with van der Waals surface area (Å²) in [4.78, 5) is 23.1. The molecular weight excluding hydrogens is 248 g/mol. The first kappa shape index (κ1) is 13.4. The lowest BCUT2D eigenvalue weighted by Crippen LogP contribution is -2.24. The van der Waals surface area contributed by atoms with Crippen LogP contribution in [-0.4, -0.2) is 25.7 Å². The van der Waals surface area contributed by atoms with Gasteiger partial charge in [0.15, 0.2) is 0 Å². The van der Waals surface area contributed by atoms with E-state index in [0.717, 1.165) is 12.8 Å². The van der Waals surface area contributed by atoms with E-state index in [1.165, 1.54) is 7.11 Å². The van der Waals surface area contributed by atoms with Crippen molar-refractivity contribution in [3.63, 3.8) is 0 Å². The third-order valence-electron chi connectivity index (χ3n) is 2.89. The highest BCUT2D eigenvalue weighted by Crippen LogP contribution is 2.32. The highest BCUT2D eigenvalue weighted by atomic mass is 16.6. The number of hydrogen-bond acceptors (Lipinski definition) is 5. The molecule has 5 heteroatoms. The van der Waals surface area contributed by atoms with Crippen LogP contribution < -0.4 is 9.47 Å². The SMILES string of the molecule is CCCCOc1cc(OC)cc2c1C(=O)OC(=O)C2. The summed E-state index contributed by atoms with van der Waals surface area (Å²) in [5.41, 5.74) is 0.920. The van der Waals surface area contributed by atoms with Crippen molar-refractivity contribution in [2.45, 2.75) is 26.2 Å². The van der Waals surface area contributed by atoms with E-state index in [1.54, 1.807) is 12.1 Å². The standard InChI is InChI=1S/C14H16O5/c1-3-4-5-18-11-8-10(17-2)6-9-7-12(15)19-14(16)13(9)11/h6,8H,3-5,7H2,1-2H3. The van der Waals surface area contributed by atoms with Gasteiger partial charge in [0.2, 0.25) is 0 Å². The zero-order valence-electron chi connectivity index (χ0n) is 11.0. The summed E-state index contributed by atoms with van der Waals surface area (Å²) in [7, 11) is 1.53. The number of benzene rings is 1. The van der Waals surface area contributed by atoms with Gasteiger partial charge in [0.1, 0.15) is 17.1 Å². The highest BCUT2D eigenvalue weighted by Gasteiger charge is 2.29. The smallest absolute Gasteiger partial charge is 0.349 e. The van der Waals surface area contributed by atoms with Crippen LogP contribution >= 0.6 is 0 Å². The summed E-state index contributed by atoms with van der Waals surface area (Å²) in [6.45, 7) is 2.56. The molecule has 0 radical (unpaired) electrons. The average molecular weight is 264 g/mol. The summed E-state index contributed by atoms with van der Waals surface area (Å²) >= 11 is 0. The number of hydrogen-bond donors (Lipinski definition) is 0. The Morgan fingerprint density at radius 3 is 2.79 bits per heavy atom. The summed E-state index contributed by atoms with van der Waals surface area (Å²) < 4.78 is 15.4. The van der Waals surface area contributed by atoms with Gasteiger partial charge in [0.25, 0.3) is 0 Å². The normalized spacial score (nSPS) is 13.8. The van der Waals surface area contributed by atoms with Gasteiger partial charge in [-0.25, -0.2) is 4.79 Å². The fourth-order valence-corrected chi connectivity index (χ4v) is 1.92. The van der Waals surface area contributed by atoms with Crippen molar-refractivity contribution in [3.05, 3.63) is 23.3 Å². The van der Waals surface area contributed by atoms with Crippen LogP contribution in [0.1, 0.15) is 35.7 Å². The lowest BCUT2D eigenvalue weighted by Gasteiger charge is -2.19. The largest absolute Gasteiger partial charge is 0.497 e. The zero-order valence-corrected chi connectivity index (χ0v) is 11.0. The van der Waals surface area contributed by atoms with Crippen molar-refractivity contribution in [2.24, 2.45) is 0 Å². The van der Waals surface area contributed by atoms with Crippen LogP contribution in [0.15, 0.2) is 12.1 Å². The fourth-order valence-electron chi connectivity index (χ4n) is 1.92. The summed E-state index contributed by atoms with van der Waals surface area (Å²) in [6.07, 6.45) is 1.94. The molecule has 0 spiro atoms. The van der Waals surface area contributed by atoms with Gasteiger partial charge in [-0.05, 0) is 18.1 Å². The number of unbranched alkanes of at least 4 members (excludes halogenated alkanes) is 1. The third-order valence-corrected chi connectivity index (χ3v) is 2.89. The van der Waals surface area contributed by atoms with E-state index in [0.29, 0.717) is 29.2 Å². The van der Waals surface area contributed by atoms with E-state index >= 15 is 0 Å². The van der Waals surface area contributed by atoms with Crippen LogP contribution in [0.3, 0.4) is 0 Å². The van der Waals surface area contributed by atoms with E-state index in [4.69, 9.17) is 9.47 Å². The Hall–Kier alpha value is -2.04. The van der Waals surface area contributed by atoms with Crippen LogP contribution in [0.4, 0.5) is 0 Å². The Morgan fingerprint density at radius 1 is 1.32 bits per heavy atom. The second-order valence-corrected chi connectivity index (χ2v) is 4.30. The highest BCUT2D eigenvalue weighted by molar-refractivity contribution is 6.04. The number of esters is 2. The van der Waals surface area contributed by atoms with Crippen molar-refractivity contribution >= 4 is 11.9 Å². The molecule has 1 aliphatic rings.